The van der Waals surface area contributed by atoms with Crippen molar-refractivity contribution in [2.75, 3.05) is 39.0 Å². The number of hydrogen-bond acceptors (Lipinski definition) is 4. The van der Waals surface area contributed by atoms with Gasteiger partial charge in [-0.1, -0.05) is 11.8 Å². The predicted octanol–water partition coefficient (Wildman–Crippen LogP) is -0.0783. The lowest BCUT2D eigenvalue weighted by Gasteiger charge is -2.30. The quantitative estimate of drug-likeness (QED) is 0.787. The lowest BCUT2D eigenvalue weighted by molar-refractivity contribution is -0.898. The molecule has 1 aromatic heterocycles. The Kier molecular flexibility index (Phi) is 5.03. The van der Waals surface area contributed by atoms with Gasteiger partial charge in [-0.3, -0.25) is 4.79 Å². The van der Waals surface area contributed by atoms with Crippen LogP contribution in [0.25, 0.3) is 0 Å². The number of nitrogens with one attached hydrogen (secondary N) is 1. The Morgan fingerprint density at radius 1 is 1.32 bits per heavy atom. The summed E-state index contributed by atoms with van der Waals surface area (Å²) in [5.74, 6) is 1.83. The molecule has 0 bridgehead atoms. The summed E-state index contributed by atoms with van der Waals surface area (Å²) in [5.41, 5.74) is 0. The molecule has 2 atom stereocenters. The largest absolute Gasteiger partial charge is 0.338 e. The molecular weight excluding hydrogens is 298 g/mol. The lowest BCUT2D eigenvalue weighted by Crippen LogP contribution is -3.14. The zero-order chi connectivity index (χ0) is 15.5. The Morgan fingerprint density at radius 2 is 2.09 bits per heavy atom. The molecule has 0 aliphatic carbocycles. The van der Waals surface area contributed by atoms with E-state index in [1.165, 1.54) is 17.7 Å². The molecule has 6 nitrogen and oxygen atoms in total. The maximum absolute atomic E-state index is 12.3. The molecule has 0 aromatic carbocycles. The Morgan fingerprint density at radius 3 is 2.77 bits per heavy atom. The molecule has 1 amide bonds. The van der Waals surface area contributed by atoms with Crippen LogP contribution in [0.3, 0.4) is 0 Å². The topological polar surface area (TPSA) is 55.5 Å². The van der Waals surface area contributed by atoms with Crippen molar-refractivity contribution in [2.45, 2.75) is 36.8 Å². The molecule has 2 fully saturated rings. The van der Waals surface area contributed by atoms with E-state index in [-0.39, 0.29) is 0 Å². The van der Waals surface area contributed by atoms with Crippen LogP contribution in [0.4, 0.5) is 0 Å². The molecule has 0 radical (unpaired) electrons. The zero-order valence-electron chi connectivity index (χ0n) is 13.5. The number of carbonyl (C=O) groups is 1. The second-order valence-electron chi connectivity index (χ2n) is 6.41. The van der Waals surface area contributed by atoms with Crippen molar-refractivity contribution < 1.29 is 9.69 Å². The Hall–Kier alpha value is -1.08. The van der Waals surface area contributed by atoms with Crippen molar-refractivity contribution in [2.24, 2.45) is 7.05 Å². The van der Waals surface area contributed by atoms with Crippen molar-refractivity contribution in [3.05, 3.63) is 5.82 Å². The minimum absolute atomic E-state index is 0.330. The van der Waals surface area contributed by atoms with E-state index in [0.717, 1.165) is 50.0 Å². The maximum Gasteiger partial charge on any atom is 0.277 e. The van der Waals surface area contributed by atoms with E-state index in [0.29, 0.717) is 18.4 Å². The number of quaternary nitrogens is 1. The molecule has 2 saturated heterocycles. The summed E-state index contributed by atoms with van der Waals surface area (Å²) in [6, 6.07) is 0. The van der Waals surface area contributed by atoms with Crippen LogP contribution in [0.5, 0.6) is 0 Å². The third kappa shape index (κ3) is 3.30. The third-order valence-corrected chi connectivity index (χ3v) is 5.61. The Bertz CT molecular complexity index is 526. The molecule has 3 heterocycles. The van der Waals surface area contributed by atoms with Crippen LogP contribution in [0.2, 0.25) is 0 Å². The first-order valence-electron chi connectivity index (χ1n) is 8.23. The van der Waals surface area contributed by atoms with Gasteiger partial charge in [0.05, 0.1) is 19.0 Å². The van der Waals surface area contributed by atoms with Crippen molar-refractivity contribution in [3.8, 4) is 0 Å². The van der Waals surface area contributed by atoms with Gasteiger partial charge in [0.1, 0.15) is 5.82 Å². The van der Waals surface area contributed by atoms with Gasteiger partial charge >= 0.3 is 0 Å². The van der Waals surface area contributed by atoms with Crippen LogP contribution in [0.15, 0.2) is 5.16 Å². The van der Waals surface area contributed by atoms with E-state index >= 15 is 0 Å². The van der Waals surface area contributed by atoms with Gasteiger partial charge in [-0.25, -0.2) is 0 Å². The summed E-state index contributed by atoms with van der Waals surface area (Å²) < 4.78 is 2.11. The molecule has 0 spiro atoms. The summed E-state index contributed by atoms with van der Waals surface area (Å²) in [6.45, 7) is 4.65. The van der Waals surface area contributed by atoms with Crippen LogP contribution in [-0.2, 0) is 11.8 Å². The zero-order valence-corrected chi connectivity index (χ0v) is 14.4. The monoisotopic (exact) mass is 324 g/mol. The first-order chi connectivity index (χ1) is 10.7. The molecule has 1 aromatic rings. The van der Waals surface area contributed by atoms with Crippen molar-refractivity contribution in [1.29, 1.82) is 0 Å². The smallest absolute Gasteiger partial charge is 0.277 e. The average Bonchev–Trinajstić information content (AvgIpc) is 3.17. The Balaban J connectivity index is 1.61. The maximum atomic E-state index is 12.3. The normalized spacial score (nSPS) is 25.6. The van der Waals surface area contributed by atoms with E-state index in [9.17, 15) is 4.79 Å². The van der Waals surface area contributed by atoms with E-state index in [2.05, 4.69) is 14.8 Å². The minimum atomic E-state index is 0.330. The van der Waals surface area contributed by atoms with Crippen molar-refractivity contribution in [3.63, 3.8) is 0 Å². The van der Waals surface area contributed by atoms with E-state index in [4.69, 9.17) is 0 Å². The summed E-state index contributed by atoms with van der Waals surface area (Å²) >= 11 is 1.63. The number of aromatic nitrogens is 3. The van der Waals surface area contributed by atoms with Gasteiger partial charge in [0.25, 0.3) is 5.91 Å². The number of hydrogen-bond donors (Lipinski definition) is 1. The molecule has 1 N–H and O–H groups in total. The number of carbonyl (C=O) groups excluding carboxylic acids is 1. The average molecular weight is 324 g/mol. The molecular formula is C15H26N5OS+. The fourth-order valence-corrected chi connectivity index (χ4v) is 4.17. The van der Waals surface area contributed by atoms with Gasteiger partial charge in [-0.05, 0) is 31.9 Å². The molecule has 2 aliphatic heterocycles. The molecule has 2 aliphatic rings. The molecule has 3 rings (SSSR count). The standard InChI is InChI=1S/C15H25N5OS/c1-18-14(16-17-15(18)22-2)12-6-5-7-19(10-12)11-13(21)20-8-3-4-9-20/h12H,3-11H2,1-2H3/p+1/t12-/m0/s1. The van der Waals surface area contributed by atoms with Crippen LogP contribution in [-0.4, -0.2) is 64.6 Å². The molecule has 7 heteroatoms. The minimum Gasteiger partial charge on any atom is -0.338 e. The Labute approximate surface area is 136 Å². The first kappa shape index (κ1) is 15.8. The fraction of sp³-hybridized carbons (Fsp3) is 0.800. The van der Waals surface area contributed by atoms with Gasteiger partial charge in [-0.2, -0.15) is 0 Å². The second-order valence-corrected chi connectivity index (χ2v) is 7.19. The molecule has 122 valence electrons. The van der Waals surface area contributed by atoms with Crippen LogP contribution in [0.1, 0.15) is 37.4 Å². The number of likely N-dealkylation sites (tertiary alicyclic amines) is 2. The summed E-state index contributed by atoms with van der Waals surface area (Å²) in [5, 5.41) is 9.60. The number of amides is 1. The molecule has 22 heavy (non-hydrogen) atoms. The van der Waals surface area contributed by atoms with Crippen LogP contribution < -0.4 is 4.90 Å². The van der Waals surface area contributed by atoms with Gasteiger partial charge in [0.2, 0.25) is 0 Å². The van der Waals surface area contributed by atoms with E-state index in [1.54, 1.807) is 11.8 Å². The van der Waals surface area contributed by atoms with Gasteiger partial charge in [0, 0.05) is 20.1 Å². The van der Waals surface area contributed by atoms with Gasteiger partial charge in [-0.15, -0.1) is 10.2 Å². The first-order valence-corrected chi connectivity index (χ1v) is 9.46. The highest BCUT2D eigenvalue weighted by molar-refractivity contribution is 7.98. The predicted molar refractivity (Wildman–Crippen MR) is 86.1 cm³/mol. The summed E-state index contributed by atoms with van der Waals surface area (Å²) in [4.78, 5) is 15.8. The van der Waals surface area contributed by atoms with Crippen molar-refractivity contribution >= 4 is 17.7 Å². The van der Waals surface area contributed by atoms with Crippen LogP contribution in [0, 0.1) is 0 Å². The van der Waals surface area contributed by atoms with E-state index < -0.39 is 0 Å². The summed E-state index contributed by atoms with van der Waals surface area (Å²) in [7, 11) is 2.05. The lowest BCUT2D eigenvalue weighted by atomic mass is 9.97. The number of rotatable bonds is 4. The fourth-order valence-electron chi connectivity index (χ4n) is 3.68. The van der Waals surface area contributed by atoms with Crippen molar-refractivity contribution in [1.82, 2.24) is 19.7 Å². The number of piperidine rings is 1. The highest BCUT2D eigenvalue weighted by Gasteiger charge is 2.31. The van der Waals surface area contributed by atoms with Gasteiger partial charge in [0.15, 0.2) is 11.7 Å². The SMILES string of the molecule is CSc1nnc([C@H]2CCC[NH+](CC(=O)N3CCCC3)C2)n1C. The third-order valence-electron chi connectivity index (χ3n) is 4.89. The molecule has 1 unspecified atom stereocenters. The van der Waals surface area contributed by atoms with Crippen LogP contribution >= 0.6 is 11.8 Å². The van der Waals surface area contributed by atoms with E-state index in [1.807, 2.05) is 18.2 Å². The highest BCUT2D eigenvalue weighted by Crippen LogP contribution is 2.22. The molecule has 0 saturated carbocycles. The number of thioether (sulfide) groups is 1. The number of nitrogens with zero attached hydrogens (tertiary/aromatic N) is 4. The van der Waals surface area contributed by atoms with Gasteiger partial charge < -0.3 is 14.4 Å². The summed E-state index contributed by atoms with van der Waals surface area (Å²) in [6.07, 6.45) is 6.68. The highest BCUT2D eigenvalue weighted by atomic mass is 32.2. The second kappa shape index (κ2) is 7.00.